The zero-order valence-electron chi connectivity index (χ0n) is 16.0. The first kappa shape index (κ1) is 21.0. The molecule has 0 saturated heterocycles. The number of nitrogens with one attached hydrogen (secondary N) is 1. The lowest BCUT2D eigenvalue weighted by Gasteiger charge is -2.29. The molecule has 0 aliphatic rings. The van der Waals surface area contributed by atoms with Crippen LogP contribution in [-0.4, -0.2) is 29.3 Å². The van der Waals surface area contributed by atoms with Gasteiger partial charge in [-0.25, -0.2) is 0 Å². The fourth-order valence-corrected chi connectivity index (χ4v) is 2.90. The van der Waals surface area contributed by atoms with Gasteiger partial charge in [-0.15, -0.1) is 0 Å². The number of carbonyl (C=O) groups excluding carboxylic acids is 2. The summed E-state index contributed by atoms with van der Waals surface area (Å²) in [6.45, 7) is 4.85. The molecule has 0 spiro atoms. The van der Waals surface area contributed by atoms with Gasteiger partial charge < -0.3 is 10.2 Å². The SMILES string of the molecule is CCCCNC(=O)[C@H](C)N(Cc1ccc(Cl)cc1)C(=O)Cc1ccccc1. The first-order valence-electron chi connectivity index (χ1n) is 9.36. The van der Waals surface area contributed by atoms with Crippen molar-refractivity contribution in [2.75, 3.05) is 6.54 Å². The number of hydrogen-bond donors (Lipinski definition) is 1. The van der Waals surface area contributed by atoms with Crippen LogP contribution in [0.25, 0.3) is 0 Å². The van der Waals surface area contributed by atoms with E-state index in [1.54, 1.807) is 24.0 Å². The number of nitrogens with zero attached hydrogens (tertiary/aromatic N) is 1. The van der Waals surface area contributed by atoms with Gasteiger partial charge in [-0.3, -0.25) is 9.59 Å². The van der Waals surface area contributed by atoms with Gasteiger partial charge >= 0.3 is 0 Å². The molecule has 2 rings (SSSR count). The Labute approximate surface area is 166 Å². The van der Waals surface area contributed by atoms with Crippen molar-refractivity contribution in [3.63, 3.8) is 0 Å². The quantitative estimate of drug-likeness (QED) is 0.656. The van der Waals surface area contributed by atoms with Crippen LogP contribution >= 0.6 is 11.6 Å². The lowest BCUT2D eigenvalue weighted by molar-refractivity contribution is -0.140. The van der Waals surface area contributed by atoms with Gasteiger partial charge in [0, 0.05) is 18.1 Å². The monoisotopic (exact) mass is 386 g/mol. The fraction of sp³-hybridized carbons (Fsp3) is 0.364. The number of carbonyl (C=O) groups is 2. The average molecular weight is 387 g/mol. The van der Waals surface area contributed by atoms with Crippen LogP contribution in [-0.2, 0) is 22.6 Å². The van der Waals surface area contributed by atoms with Crippen molar-refractivity contribution in [2.45, 2.75) is 45.7 Å². The molecule has 4 nitrogen and oxygen atoms in total. The Bertz CT molecular complexity index is 732. The summed E-state index contributed by atoms with van der Waals surface area (Å²) in [5.74, 6) is -0.201. The first-order valence-corrected chi connectivity index (χ1v) is 9.74. The molecule has 0 radical (unpaired) electrons. The summed E-state index contributed by atoms with van der Waals surface area (Å²) in [5.41, 5.74) is 1.87. The van der Waals surface area contributed by atoms with Gasteiger partial charge in [-0.1, -0.05) is 67.4 Å². The van der Waals surface area contributed by atoms with Gasteiger partial charge in [0.1, 0.15) is 6.04 Å². The van der Waals surface area contributed by atoms with Gasteiger partial charge in [-0.2, -0.15) is 0 Å². The molecule has 0 aliphatic carbocycles. The van der Waals surface area contributed by atoms with E-state index < -0.39 is 6.04 Å². The Morgan fingerprint density at radius 3 is 2.33 bits per heavy atom. The summed E-state index contributed by atoms with van der Waals surface area (Å²) in [4.78, 5) is 27.2. The molecule has 0 aromatic heterocycles. The van der Waals surface area contributed by atoms with Gasteiger partial charge in [0.25, 0.3) is 0 Å². The summed E-state index contributed by atoms with van der Waals surface area (Å²) >= 11 is 5.96. The minimum atomic E-state index is -0.547. The first-order chi connectivity index (χ1) is 13.0. The highest BCUT2D eigenvalue weighted by atomic mass is 35.5. The normalized spacial score (nSPS) is 11.7. The molecule has 2 aromatic rings. The Morgan fingerprint density at radius 2 is 1.70 bits per heavy atom. The van der Waals surface area contributed by atoms with Crippen molar-refractivity contribution in [2.24, 2.45) is 0 Å². The molecule has 2 aromatic carbocycles. The molecule has 0 fully saturated rings. The molecule has 0 saturated carbocycles. The molecule has 0 aliphatic heterocycles. The van der Waals surface area contributed by atoms with Crippen molar-refractivity contribution in [3.05, 3.63) is 70.7 Å². The van der Waals surface area contributed by atoms with Crippen LogP contribution in [0.5, 0.6) is 0 Å². The number of amides is 2. The molecule has 0 heterocycles. The van der Waals surface area contributed by atoms with Crippen molar-refractivity contribution >= 4 is 23.4 Å². The summed E-state index contributed by atoms with van der Waals surface area (Å²) in [6.07, 6.45) is 2.20. The molecule has 1 N–H and O–H groups in total. The fourth-order valence-electron chi connectivity index (χ4n) is 2.78. The topological polar surface area (TPSA) is 49.4 Å². The number of rotatable bonds is 9. The standard InChI is InChI=1S/C22H27ClN2O2/c1-3-4-14-24-22(27)17(2)25(16-19-10-12-20(23)13-11-19)21(26)15-18-8-6-5-7-9-18/h5-13,17H,3-4,14-16H2,1-2H3,(H,24,27)/t17-/m0/s1. The molecule has 5 heteroatoms. The predicted molar refractivity (Wildman–Crippen MR) is 110 cm³/mol. The largest absolute Gasteiger partial charge is 0.354 e. The Hall–Kier alpha value is -2.33. The van der Waals surface area contributed by atoms with E-state index in [9.17, 15) is 9.59 Å². The van der Waals surface area contributed by atoms with E-state index in [4.69, 9.17) is 11.6 Å². The second kappa shape index (κ2) is 10.7. The van der Waals surface area contributed by atoms with Crippen LogP contribution < -0.4 is 5.32 Å². The molecule has 0 unspecified atom stereocenters. The summed E-state index contributed by atoms with van der Waals surface area (Å²) in [6, 6.07) is 16.4. The molecule has 144 valence electrons. The summed E-state index contributed by atoms with van der Waals surface area (Å²) < 4.78 is 0. The van der Waals surface area contributed by atoms with Crippen molar-refractivity contribution < 1.29 is 9.59 Å². The lowest BCUT2D eigenvalue weighted by Crippen LogP contribution is -2.48. The number of hydrogen-bond acceptors (Lipinski definition) is 2. The van der Waals surface area contributed by atoms with Crippen LogP contribution in [0.3, 0.4) is 0 Å². The highest BCUT2D eigenvalue weighted by Gasteiger charge is 2.25. The predicted octanol–water partition coefficient (Wildman–Crippen LogP) is 4.22. The smallest absolute Gasteiger partial charge is 0.242 e. The molecule has 27 heavy (non-hydrogen) atoms. The maximum Gasteiger partial charge on any atom is 0.242 e. The molecule has 2 amide bonds. The average Bonchev–Trinajstić information content (AvgIpc) is 2.67. The summed E-state index contributed by atoms with van der Waals surface area (Å²) in [5, 5.41) is 3.57. The highest BCUT2D eigenvalue weighted by molar-refractivity contribution is 6.30. The maximum absolute atomic E-state index is 13.0. The minimum absolute atomic E-state index is 0.0747. The van der Waals surface area contributed by atoms with Gasteiger partial charge in [0.2, 0.25) is 11.8 Å². The number of unbranched alkanes of at least 4 members (excludes halogenated alkanes) is 1. The lowest BCUT2D eigenvalue weighted by atomic mass is 10.1. The van der Waals surface area contributed by atoms with Gasteiger partial charge in [0.15, 0.2) is 0 Å². The second-order valence-electron chi connectivity index (χ2n) is 6.63. The third-order valence-electron chi connectivity index (χ3n) is 4.46. The van der Waals surface area contributed by atoms with Crippen LogP contribution in [0.15, 0.2) is 54.6 Å². The molecule has 1 atom stereocenters. The van der Waals surface area contributed by atoms with E-state index in [0.29, 0.717) is 18.1 Å². The van der Waals surface area contributed by atoms with Crippen LogP contribution in [0.2, 0.25) is 5.02 Å². The Morgan fingerprint density at radius 1 is 1.04 bits per heavy atom. The number of benzene rings is 2. The second-order valence-corrected chi connectivity index (χ2v) is 7.07. The molecular formula is C22H27ClN2O2. The van der Waals surface area contributed by atoms with E-state index >= 15 is 0 Å². The van der Waals surface area contributed by atoms with E-state index in [0.717, 1.165) is 24.0 Å². The van der Waals surface area contributed by atoms with Crippen molar-refractivity contribution in [1.82, 2.24) is 10.2 Å². The summed E-state index contributed by atoms with van der Waals surface area (Å²) in [7, 11) is 0. The van der Waals surface area contributed by atoms with Gasteiger partial charge in [0.05, 0.1) is 6.42 Å². The maximum atomic E-state index is 13.0. The van der Waals surface area contributed by atoms with Gasteiger partial charge in [-0.05, 0) is 36.6 Å². The van der Waals surface area contributed by atoms with E-state index in [-0.39, 0.29) is 18.2 Å². The zero-order valence-corrected chi connectivity index (χ0v) is 16.7. The Kier molecular flexibility index (Phi) is 8.34. The van der Waals surface area contributed by atoms with E-state index in [1.807, 2.05) is 42.5 Å². The van der Waals surface area contributed by atoms with Crippen molar-refractivity contribution in [1.29, 1.82) is 0 Å². The highest BCUT2D eigenvalue weighted by Crippen LogP contribution is 2.15. The minimum Gasteiger partial charge on any atom is -0.354 e. The third-order valence-corrected chi connectivity index (χ3v) is 4.71. The van der Waals surface area contributed by atoms with Crippen LogP contribution in [0.1, 0.15) is 37.8 Å². The molecular weight excluding hydrogens is 360 g/mol. The zero-order chi connectivity index (χ0) is 19.6. The van der Waals surface area contributed by atoms with Crippen molar-refractivity contribution in [3.8, 4) is 0 Å². The van der Waals surface area contributed by atoms with Crippen LogP contribution in [0.4, 0.5) is 0 Å². The van der Waals surface area contributed by atoms with Crippen LogP contribution in [0, 0.1) is 0 Å². The van der Waals surface area contributed by atoms with E-state index in [2.05, 4.69) is 12.2 Å². The number of halogens is 1. The Balaban J connectivity index is 2.14. The van der Waals surface area contributed by atoms with E-state index in [1.165, 1.54) is 0 Å². The third kappa shape index (κ3) is 6.72. The molecule has 0 bridgehead atoms.